The molecule has 0 saturated heterocycles. The summed E-state index contributed by atoms with van der Waals surface area (Å²) in [5.41, 5.74) is 8.26. The van der Waals surface area contributed by atoms with Gasteiger partial charge in [0.15, 0.2) is 0 Å². The number of para-hydroxylation sites is 1. The average Bonchev–Trinajstić information content (AvgIpc) is 2.80. The monoisotopic (exact) mass is 276 g/mol. The van der Waals surface area contributed by atoms with Gasteiger partial charge < -0.3 is 15.8 Å². The number of H-pyrrole nitrogens is 1. The lowest BCUT2D eigenvalue weighted by Gasteiger charge is -2.02. The third-order valence-electron chi connectivity index (χ3n) is 2.96. The van der Waals surface area contributed by atoms with Crippen molar-refractivity contribution in [2.24, 2.45) is 5.73 Å². The van der Waals surface area contributed by atoms with E-state index in [4.69, 9.17) is 10.8 Å². The second-order valence-corrected chi connectivity index (χ2v) is 5.04. The molecule has 1 aromatic heterocycles. The molecule has 0 amide bonds. The fourth-order valence-electron chi connectivity index (χ4n) is 1.98. The molecule has 20 heavy (non-hydrogen) atoms. The summed E-state index contributed by atoms with van der Waals surface area (Å²) in [6, 6.07) is 8.53. The van der Waals surface area contributed by atoms with Gasteiger partial charge >= 0.3 is 5.97 Å². The summed E-state index contributed by atoms with van der Waals surface area (Å²) in [5.74, 6) is -0.693. The standard InChI is InChI=1S/C11H14N2.C5H10O2/c1-8(12)6-9-7-13-11-5-3-2-4-10(9)11;1-2-3-4-5(6)7/h2-5,7-8,13H,6,12H2,1H3;2-4H2,1H3,(H,6,7). The van der Waals surface area contributed by atoms with Crippen LogP contribution >= 0.6 is 0 Å². The topological polar surface area (TPSA) is 79.1 Å². The molecule has 0 fully saturated rings. The number of hydrogen-bond acceptors (Lipinski definition) is 2. The van der Waals surface area contributed by atoms with Gasteiger partial charge in [0, 0.05) is 29.6 Å². The Balaban J connectivity index is 0.000000246. The molecule has 4 nitrogen and oxygen atoms in total. The van der Waals surface area contributed by atoms with E-state index >= 15 is 0 Å². The first-order valence-corrected chi connectivity index (χ1v) is 7.07. The summed E-state index contributed by atoms with van der Waals surface area (Å²) < 4.78 is 0. The molecule has 1 atom stereocenters. The van der Waals surface area contributed by atoms with Gasteiger partial charge in [-0.3, -0.25) is 4.79 Å². The summed E-state index contributed by atoms with van der Waals surface area (Å²) in [4.78, 5) is 13.0. The smallest absolute Gasteiger partial charge is 0.303 e. The summed E-state index contributed by atoms with van der Waals surface area (Å²) >= 11 is 0. The third-order valence-corrected chi connectivity index (χ3v) is 2.96. The number of carboxylic acids is 1. The van der Waals surface area contributed by atoms with Crippen LogP contribution in [0.15, 0.2) is 30.5 Å². The minimum Gasteiger partial charge on any atom is -0.481 e. The number of aliphatic carboxylic acids is 1. The normalized spacial score (nSPS) is 11.8. The van der Waals surface area contributed by atoms with E-state index in [0.717, 1.165) is 19.3 Å². The van der Waals surface area contributed by atoms with Crippen molar-refractivity contribution in [3.05, 3.63) is 36.0 Å². The maximum absolute atomic E-state index is 9.76. The number of hydrogen-bond donors (Lipinski definition) is 3. The van der Waals surface area contributed by atoms with Gasteiger partial charge in [0.1, 0.15) is 0 Å². The van der Waals surface area contributed by atoms with Gasteiger partial charge in [0.2, 0.25) is 0 Å². The molecule has 0 spiro atoms. The van der Waals surface area contributed by atoms with Gasteiger partial charge in [-0.1, -0.05) is 31.5 Å². The average molecular weight is 276 g/mol. The van der Waals surface area contributed by atoms with Gasteiger partial charge in [-0.2, -0.15) is 0 Å². The Hall–Kier alpha value is -1.81. The quantitative estimate of drug-likeness (QED) is 0.783. The van der Waals surface area contributed by atoms with Crippen molar-refractivity contribution in [1.29, 1.82) is 0 Å². The number of rotatable bonds is 5. The van der Waals surface area contributed by atoms with Crippen LogP contribution in [-0.2, 0) is 11.2 Å². The zero-order valence-corrected chi connectivity index (χ0v) is 12.2. The molecule has 4 heteroatoms. The molecule has 1 unspecified atom stereocenters. The minimum atomic E-state index is -0.693. The van der Waals surface area contributed by atoms with Crippen molar-refractivity contribution in [3.63, 3.8) is 0 Å². The number of nitrogens with two attached hydrogens (primary N) is 1. The predicted octanol–water partition coefficient (Wildman–Crippen LogP) is 3.32. The molecule has 0 radical (unpaired) electrons. The van der Waals surface area contributed by atoms with Crippen LogP contribution in [0, 0.1) is 0 Å². The molecule has 0 aliphatic rings. The summed E-state index contributed by atoms with van der Waals surface area (Å²) in [5, 5.41) is 9.34. The number of nitrogens with one attached hydrogen (secondary N) is 1. The summed E-state index contributed by atoms with van der Waals surface area (Å²) in [7, 11) is 0. The van der Waals surface area contributed by atoms with E-state index in [1.807, 2.05) is 26.1 Å². The predicted molar refractivity (Wildman–Crippen MR) is 82.8 cm³/mol. The van der Waals surface area contributed by atoms with Gasteiger partial charge in [-0.25, -0.2) is 0 Å². The third kappa shape index (κ3) is 5.45. The van der Waals surface area contributed by atoms with Gasteiger partial charge in [0.05, 0.1) is 0 Å². The largest absolute Gasteiger partial charge is 0.481 e. The van der Waals surface area contributed by atoms with Crippen molar-refractivity contribution in [2.75, 3.05) is 0 Å². The second-order valence-electron chi connectivity index (χ2n) is 5.04. The van der Waals surface area contributed by atoms with E-state index in [1.165, 1.54) is 16.5 Å². The van der Waals surface area contributed by atoms with Crippen LogP contribution in [-0.4, -0.2) is 22.1 Å². The molecule has 4 N–H and O–H groups in total. The first-order valence-electron chi connectivity index (χ1n) is 7.07. The lowest BCUT2D eigenvalue weighted by atomic mass is 10.1. The van der Waals surface area contributed by atoms with Crippen molar-refractivity contribution < 1.29 is 9.90 Å². The Morgan fingerprint density at radius 3 is 2.65 bits per heavy atom. The van der Waals surface area contributed by atoms with E-state index in [-0.39, 0.29) is 6.04 Å². The number of unbranched alkanes of at least 4 members (excludes halogenated alkanes) is 1. The van der Waals surface area contributed by atoms with Gasteiger partial charge in [0.25, 0.3) is 0 Å². The molecule has 1 aromatic carbocycles. The van der Waals surface area contributed by atoms with Crippen molar-refractivity contribution >= 4 is 16.9 Å². The van der Waals surface area contributed by atoms with Crippen molar-refractivity contribution in [2.45, 2.75) is 45.6 Å². The number of benzene rings is 1. The molecule has 2 aromatic rings. The highest BCUT2D eigenvalue weighted by Crippen LogP contribution is 2.18. The number of aromatic nitrogens is 1. The first kappa shape index (κ1) is 16.2. The van der Waals surface area contributed by atoms with Crippen LogP contribution in [0.1, 0.15) is 38.7 Å². The van der Waals surface area contributed by atoms with E-state index in [2.05, 4.69) is 23.2 Å². The zero-order chi connectivity index (χ0) is 15.0. The van der Waals surface area contributed by atoms with Gasteiger partial charge in [-0.05, 0) is 31.4 Å². The number of fused-ring (bicyclic) bond motifs is 1. The fourth-order valence-corrected chi connectivity index (χ4v) is 1.98. The molecule has 0 aliphatic carbocycles. The molecule has 0 saturated carbocycles. The minimum absolute atomic E-state index is 0.221. The second kappa shape index (κ2) is 8.38. The number of carbonyl (C=O) groups is 1. The van der Waals surface area contributed by atoms with Crippen LogP contribution in [0.4, 0.5) is 0 Å². The summed E-state index contributed by atoms with van der Waals surface area (Å²) in [6.07, 6.45) is 5.07. The summed E-state index contributed by atoms with van der Waals surface area (Å²) in [6.45, 7) is 4.00. The lowest BCUT2D eigenvalue weighted by molar-refractivity contribution is -0.137. The highest BCUT2D eigenvalue weighted by molar-refractivity contribution is 5.83. The van der Waals surface area contributed by atoms with E-state index in [9.17, 15) is 4.79 Å². The molecular weight excluding hydrogens is 252 g/mol. The highest BCUT2D eigenvalue weighted by Gasteiger charge is 2.04. The zero-order valence-electron chi connectivity index (χ0n) is 12.2. The maximum Gasteiger partial charge on any atom is 0.303 e. The van der Waals surface area contributed by atoms with Crippen LogP contribution < -0.4 is 5.73 Å². The van der Waals surface area contributed by atoms with Crippen LogP contribution in [0.25, 0.3) is 10.9 Å². The molecule has 1 heterocycles. The first-order chi connectivity index (χ1) is 9.54. The molecule has 0 aliphatic heterocycles. The molecular formula is C16H24N2O2. The molecule has 0 bridgehead atoms. The number of carboxylic acid groups (broad SMARTS) is 1. The Labute approximate surface area is 120 Å². The lowest BCUT2D eigenvalue weighted by Crippen LogP contribution is -2.17. The van der Waals surface area contributed by atoms with E-state index in [1.54, 1.807) is 0 Å². The highest BCUT2D eigenvalue weighted by atomic mass is 16.4. The Bertz CT molecular complexity index is 532. The van der Waals surface area contributed by atoms with Crippen molar-refractivity contribution in [3.8, 4) is 0 Å². The maximum atomic E-state index is 9.76. The van der Waals surface area contributed by atoms with Crippen molar-refractivity contribution in [1.82, 2.24) is 4.98 Å². The Kier molecular flexibility index (Phi) is 6.81. The SMILES string of the molecule is CC(N)Cc1c[nH]c2ccccc12.CCCCC(=O)O. The van der Waals surface area contributed by atoms with E-state index in [0.29, 0.717) is 6.42 Å². The van der Waals surface area contributed by atoms with E-state index < -0.39 is 5.97 Å². The van der Waals surface area contributed by atoms with Crippen LogP contribution in [0.2, 0.25) is 0 Å². The molecule has 2 rings (SSSR count). The van der Waals surface area contributed by atoms with Gasteiger partial charge in [-0.15, -0.1) is 0 Å². The Morgan fingerprint density at radius 1 is 1.40 bits per heavy atom. The Morgan fingerprint density at radius 2 is 2.10 bits per heavy atom. The fraction of sp³-hybridized carbons (Fsp3) is 0.438. The van der Waals surface area contributed by atoms with Crippen LogP contribution in [0.3, 0.4) is 0 Å². The van der Waals surface area contributed by atoms with Crippen LogP contribution in [0.5, 0.6) is 0 Å². The molecule has 110 valence electrons. The number of aromatic amines is 1.